The fourth-order valence-corrected chi connectivity index (χ4v) is 3.60. The number of hydrogen-bond donors (Lipinski definition) is 3. The number of nitrogens with zero attached hydrogens (tertiary/aromatic N) is 1. The van der Waals surface area contributed by atoms with Crippen LogP contribution in [0.15, 0.2) is 42.5 Å². The molecule has 1 atom stereocenters. The van der Waals surface area contributed by atoms with Crippen LogP contribution in [0.25, 0.3) is 0 Å². The normalized spacial score (nSPS) is 16.1. The maximum absolute atomic E-state index is 13.5. The zero-order valence-corrected chi connectivity index (χ0v) is 17.6. The van der Waals surface area contributed by atoms with Crippen LogP contribution in [-0.4, -0.2) is 54.3 Å². The molecule has 0 aromatic heterocycles. The highest BCUT2D eigenvalue weighted by atomic mass is 19.1. The van der Waals surface area contributed by atoms with Crippen LogP contribution in [0.5, 0.6) is 5.75 Å². The van der Waals surface area contributed by atoms with E-state index in [0.717, 1.165) is 38.0 Å². The molecule has 1 amide bonds. The first-order chi connectivity index (χ1) is 14.9. The first-order valence-electron chi connectivity index (χ1n) is 10.5. The Bertz CT molecular complexity index is 856. The molecule has 1 fully saturated rings. The molecule has 1 aliphatic heterocycles. The van der Waals surface area contributed by atoms with Crippen LogP contribution in [0.4, 0.5) is 14.5 Å². The monoisotopic (exact) mass is 433 g/mol. The van der Waals surface area contributed by atoms with Crippen molar-refractivity contribution in [2.45, 2.75) is 38.5 Å². The number of aliphatic hydroxyl groups is 1. The summed E-state index contributed by atoms with van der Waals surface area (Å²) in [4.78, 5) is 13.6. The summed E-state index contributed by atoms with van der Waals surface area (Å²) in [6.45, 7) is 4.33. The van der Waals surface area contributed by atoms with Crippen LogP contribution in [-0.2, 0) is 11.3 Å². The number of ether oxygens (including phenoxy) is 1. The molecule has 0 bridgehead atoms. The Balaban J connectivity index is 1.38. The zero-order chi connectivity index (χ0) is 22.2. The van der Waals surface area contributed by atoms with Crippen molar-refractivity contribution >= 4 is 11.6 Å². The standard InChI is InChI=1S/C23H29F2N3O3/c1-16(29)27-22-7-6-19(25)12-23(22)31-15-21(30)13-26-20-8-10-28(11-9-20)14-17-2-4-18(24)5-3-17/h2-7,12,20-21,26,30H,8-11,13-15H2,1H3,(H,27,29)/t21-/m0/s1. The van der Waals surface area contributed by atoms with Gasteiger partial charge in [0, 0.05) is 32.1 Å². The molecule has 3 N–H and O–H groups in total. The lowest BCUT2D eigenvalue weighted by atomic mass is 10.0. The Morgan fingerprint density at radius 1 is 1.16 bits per heavy atom. The Labute approximate surface area is 181 Å². The van der Waals surface area contributed by atoms with E-state index in [0.29, 0.717) is 18.3 Å². The number of benzene rings is 2. The molecule has 2 aromatic rings. The molecule has 6 nitrogen and oxygen atoms in total. The molecule has 8 heteroatoms. The van der Waals surface area contributed by atoms with Crippen LogP contribution in [0.3, 0.4) is 0 Å². The number of piperidine rings is 1. The molecule has 2 aromatic carbocycles. The van der Waals surface area contributed by atoms with Crippen LogP contribution in [0.1, 0.15) is 25.3 Å². The Morgan fingerprint density at radius 3 is 2.52 bits per heavy atom. The fourth-order valence-electron chi connectivity index (χ4n) is 3.60. The van der Waals surface area contributed by atoms with Crippen molar-refractivity contribution in [3.05, 3.63) is 59.7 Å². The van der Waals surface area contributed by atoms with Crippen molar-refractivity contribution in [3.8, 4) is 5.75 Å². The molecule has 3 rings (SSSR count). The highest BCUT2D eigenvalue weighted by molar-refractivity contribution is 5.90. The predicted octanol–water partition coefficient (Wildman–Crippen LogP) is 2.92. The van der Waals surface area contributed by atoms with E-state index in [-0.39, 0.29) is 24.1 Å². The smallest absolute Gasteiger partial charge is 0.221 e. The molecular weight excluding hydrogens is 404 g/mol. The zero-order valence-electron chi connectivity index (χ0n) is 17.6. The third kappa shape index (κ3) is 7.57. The molecule has 0 spiro atoms. The van der Waals surface area contributed by atoms with Crippen LogP contribution in [0.2, 0.25) is 0 Å². The summed E-state index contributed by atoms with van der Waals surface area (Å²) < 4.78 is 32.1. The molecule has 1 heterocycles. The van der Waals surface area contributed by atoms with Gasteiger partial charge in [0.15, 0.2) is 0 Å². The van der Waals surface area contributed by atoms with Gasteiger partial charge in [-0.1, -0.05) is 12.1 Å². The van der Waals surface area contributed by atoms with Gasteiger partial charge >= 0.3 is 0 Å². The number of carbonyl (C=O) groups is 1. The van der Waals surface area contributed by atoms with E-state index >= 15 is 0 Å². The fraction of sp³-hybridized carbons (Fsp3) is 0.435. The second-order valence-electron chi connectivity index (χ2n) is 7.87. The Kier molecular flexibility index (Phi) is 8.34. The van der Waals surface area contributed by atoms with Crippen LogP contribution < -0.4 is 15.4 Å². The Hall–Kier alpha value is -2.55. The topological polar surface area (TPSA) is 73.8 Å². The maximum Gasteiger partial charge on any atom is 0.221 e. The molecule has 0 radical (unpaired) electrons. The summed E-state index contributed by atoms with van der Waals surface area (Å²) in [5.74, 6) is -0.810. The quantitative estimate of drug-likeness (QED) is 0.567. The number of likely N-dealkylation sites (tertiary alicyclic amines) is 1. The van der Waals surface area contributed by atoms with Crippen molar-refractivity contribution in [2.24, 2.45) is 0 Å². The number of aliphatic hydroxyl groups excluding tert-OH is 1. The van der Waals surface area contributed by atoms with E-state index in [1.54, 1.807) is 0 Å². The molecule has 168 valence electrons. The summed E-state index contributed by atoms with van der Waals surface area (Å²) in [6.07, 6.45) is 1.13. The number of nitrogens with one attached hydrogen (secondary N) is 2. The summed E-state index contributed by atoms with van der Waals surface area (Å²) in [5, 5.41) is 16.2. The predicted molar refractivity (Wildman–Crippen MR) is 115 cm³/mol. The molecule has 0 aliphatic carbocycles. The van der Waals surface area contributed by atoms with Crippen molar-refractivity contribution in [1.82, 2.24) is 10.2 Å². The number of amides is 1. The summed E-state index contributed by atoms with van der Waals surface area (Å²) in [7, 11) is 0. The molecule has 0 saturated carbocycles. The highest BCUT2D eigenvalue weighted by Crippen LogP contribution is 2.25. The number of carbonyl (C=O) groups excluding carboxylic acids is 1. The van der Waals surface area contributed by atoms with Crippen molar-refractivity contribution in [1.29, 1.82) is 0 Å². The SMILES string of the molecule is CC(=O)Nc1ccc(F)cc1OC[C@@H](O)CNC1CCN(Cc2ccc(F)cc2)CC1. The largest absolute Gasteiger partial charge is 0.489 e. The first kappa shape index (κ1) is 23.1. The van der Waals surface area contributed by atoms with Gasteiger partial charge in [-0.25, -0.2) is 8.78 Å². The average molecular weight is 433 g/mol. The number of hydrogen-bond acceptors (Lipinski definition) is 5. The maximum atomic E-state index is 13.5. The lowest BCUT2D eigenvalue weighted by Crippen LogP contribution is -2.45. The summed E-state index contributed by atoms with van der Waals surface area (Å²) in [5.41, 5.74) is 1.46. The molecule has 1 saturated heterocycles. The van der Waals surface area contributed by atoms with Crippen LogP contribution >= 0.6 is 0 Å². The molecule has 0 unspecified atom stereocenters. The van der Waals surface area contributed by atoms with E-state index in [2.05, 4.69) is 15.5 Å². The number of rotatable bonds is 9. The number of anilines is 1. The van der Waals surface area contributed by atoms with Gasteiger partial charge in [0.05, 0.1) is 5.69 Å². The summed E-state index contributed by atoms with van der Waals surface area (Å²) >= 11 is 0. The van der Waals surface area contributed by atoms with Crippen LogP contribution in [0, 0.1) is 11.6 Å². The summed E-state index contributed by atoms with van der Waals surface area (Å²) in [6, 6.07) is 10.7. The lowest BCUT2D eigenvalue weighted by Gasteiger charge is -2.33. The minimum Gasteiger partial charge on any atom is -0.489 e. The van der Waals surface area contributed by atoms with E-state index < -0.39 is 11.9 Å². The first-order valence-corrected chi connectivity index (χ1v) is 10.5. The van der Waals surface area contributed by atoms with Crippen molar-refractivity contribution < 1.29 is 23.4 Å². The lowest BCUT2D eigenvalue weighted by molar-refractivity contribution is -0.114. The van der Waals surface area contributed by atoms with E-state index in [1.165, 1.54) is 37.3 Å². The average Bonchev–Trinajstić information content (AvgIpc) is 2.74. The van der Waals surface area contributed by atoms with Gasteiger partial charge in [-0.3, -0.25) is 9.69 Å². The molecule has 1 aliphatic rings. The van der Waals surface area contributed by atoms with E-state index in [1.807, 2.05) is 12.1 Å². The third-order valence-electron chi connectivity index (χ3n) is 5.23. The van der Waals surface area contributed by atoms with Gasteiger partial charge < -0.3 is 20.5 Å². The van der Waals surface area contributed by atoms with E-state index in [9.17, 15) is 18.7 Å². The van der Waals surface area contributed by atoms with Gasteiger partial charge in [0.25, 0.3) is 0 Å². The van der Waals surface area contributed by atoms with Gasteiger partial charge in [-0.15, -0.1) is 0 Å². The highest BCUT2D eigenvalue weighted by Gasteiger charge is 2.20. The van der Waals surface area contributed by atoms with Gasteiger partial charge in [0.2, 0.25) is 5.91 Å². The number of halogens is 2. The van der Waals surface area contributed by atoms with Crippen molar-refractivity contribution in [3.63, 3.8) is 0 Å². The second kappa shape index (κ2) is 11.2. The minimum absolute atomic E-state index is 0.0214. The minimum atomic E-state index is -0.773. The van der Waals surface area contributed by atoms with Gasteiger partial charge in [-0.2, -0.15) is 0 Å². The second-order valence-corrected chi connectivity index (χ2v) is 7.87. The van der Waals surface area contributed by atoms with E-state index in [4.69, 9.17) is 4.74 Å². The van der Waals surface area contributed by atoms with Crippen molar-refractivity contribution in [2.75, 3.05) is 31.6 Å². The Morgan fingerprint density at radius 2 is 1.84 bits per heavy atom. The van der Waals surface area contributed by atoms with Gasteiger partial charge in [-0.05, 0) is 55.8 Å². The third-order valence-corrected chi connectivity index (χ3v) is 5.23. The molecule has 31 heavy (non-hydrogen) atoms. The van der Waals surface area contributed by atoms with Gasteiger partial charge in [0.1, 0.15) is 30.1 Å². The molecular formula is C23H29F2N3O3.